The Hall–Kier alpha value is -4.46. The molecule has 0 saturated carbocycles. The Balaban J connectivity index is 1.61. The van der Waals surface area contributed by atoms with E-state index in [4.69, 9.17) is 9.47 Å². The molecule has 10 nitrogen and oxygen atoms in total. The molecule has 1 amide bonds. The molecule has 1 unspecified atom stereocenters. The number of anilines is 2. The minimum atomic E-state index is -4.66. The van der Waals surface area contributed by atoms with E-state index in [0.717, 1.165) is 16.9 Å². The first kappa shape index (κ1) is 24.2. The molecule has 1 atom stereocenters. The van der Waals surface area contributed by atoms with Gasteiger partial charge in [-0.15, -0.1) is 0 Å². The topological polar surface area (TPSA) is 120 Å². The lowest BCUT2D eigenvalue weighted by Gasteiger charge is -2.13. The maximum atomic E-state index is 13.3. The highest BCUT2D eigenvalue weighted by molar-refractivity contribution is 7.84. The van der Waals surface area contributed by atoms with Crippen molar-refractivity contribution in [3.05, 3.63) is 66.1 Å². The zero-order chi connectivity index (χ0) is 26.3. The zero-order valence-electron chi connectivity index (χ0n) is 19.2. The smallest absolute Gasteiger partial charge is 0.435 e. The van der Waals surface area contributed by atoms with Gasteiger partial charge in [0.15, 0.2) is 22.5 Å². The first-order valence-corrected chi connectivity index (χ1v) is 11.7. The molecule has 0 saturated heterocycles. The predicted octanol–water partition coefficient (Wildman–Crippen LogP) is 3.87. The Morgan fingerprint density at radius 3 is 2.41 bits per heavy atom. The summed E-state index contributed by atoms with van der Waals surface area (Å²) in [6, 6.07) is 10.4. The SMILES string of the molecule is COc1cc(Nc2ncc(-c3ccc4c(c3)C(=O)NS4=O)c(-n3ccc(C(F)(F)F)n3)n2)cc(OC)c1. The molecule has 0 aliphatic carbocycles. The van der Waals surface area contributed by atoms with Crippen LogP contribution in [0.25, 0.3) is 16.9 Å². The van der Waals surface area contributed by atoms with Gasteiger partial charge in [0, 0.05) is 41.8 Å². The highest BCUT2D eigenvalue weighted by Crippen LogP contribution is 2.33. The zero-order valence-corrected chi connectivity index (χ0v) is 20.0. The van der Waals surface area contributed by atoms with E-state index in [9.17, 15) is 22.2 Å². The molecule has 14 heteroatoms. The fourth-order valence-corrected chi connectivity index (χ4v) is 4.58. The Labute approximate surface area is 210 Å². The number of methoxy groups -OCH3 is 2. The molecule has 190 valence electrons. The number of halogens is 3. The lowest BCUT2D eigenvalue weighted by Crippen LogP contribution is -2.15. The molecule has 0 radical (unpaired) electrons. The first-order chi connectivity index (χ1) is 17.7. The lowest BCUT2D eigenvalue weighted by molar-refractivity contribution is -0.141. The summed E-state index contributed by atoms with van der Waals surface area (Å²) in [5.74, 6) is 0.533. The quantitative estimate of drug-likeness (QED) is 0.386. The molecular formula is C23H17F3N6O4S. The number of carbonyl (C=O) groups excluding carboxylic acids is 1. The summed E-state index contributed by atoms with van der Waals surface area (Å²) >= 11 is 0. The van der Waals surface area contributed by atoms with Gasteiger partial charge in [-0.25, -0.2) is 13.9 Å². The van der Waals surface area contributed by atoms with E-state index < -0.39 is 28.8 Å². The van der Waals surface area contributed by atoms with Crippen LogP contribution in [0.3, 0.4) is 0 Å². The molecule has 0 fully saturated rings. The van der Waals surface area contributed by atoms with Crippen LogP contribution >= 0.6 is 0 Å². The molecule has 0 bridgehead atoms. The van der Waals surface area contributed by atoms with Crippen LogP contribution in [0.2, 0.25) is 0 Å². The maximum absolute atomic E-state index is 13.3. The number of ether oxygens (including phenoxy) is 2. The van der Waals surface area contributed by atoms with Crippen LogP contribution in [-0.2, 0) is 17.2 Å². The second kappa shape index (κ2) is 9.20. The van der Waals surface area contributed by atoms with Crippen molar-refractivity contribution in [3.8, 4) is 28.4 Å². The van der Waals surface area contributed by atoms with Gasteiger partial charge in [-0.1, -0.05) is 6.07 Å². The van der Waals surface area contributed by atoms with Crippen molar-refractivity contribution < 1.29 is 31.6 Å². The number of fused-ring (bicyclic) bond motifs is 1. The van der Waals surface area contributed by atoms with E-state index >= 15 is 0 Å². The average Bonchev–Trinajstić information content (AvgIpc) is 3.49. The number of hydrogen-bond donors (Lipinski definition) is 2. The van der Waals surface area contributed by atoms with Crippen LogP contribution in [0.4, 0.5) is 24.8 Å². The molecule has 2 aromatic heterocycles. The van der Waals surface area contributed by atoms with Crippen molar-refractivity contribution in [2.75, 3.05) is 19.5 Å². The molecule has 2 aromatic carbocycles. The van der Waals surface area contributed by atoms with E-state index in [2.05, 4.69) is 25.1 Å². The van der Waals surface area contributed by atoms with Crippen molar-refractivity contribution in [2.45, 2.75) is 11.1 Å². The van der Waals surface area contributed by atoms with Gasteiger partial charge in [0.25, 0.3) is 5.91 Å². The second-order valence-corrected chi connectivity index (χ2v) is 8.89. The van der Waals surface area contributed by atoms with Gasteiger partial charge in [-0.3, -0.25) is 9.52 Å². The summed E-state index contributed by atoms with van der Waals surface area (Å²) in [5.41, 5.74) is 0.292. The number of hydrogen-bond acceptors (Lipinski definition) is 8. The highest BCUT2D eigenvalue weighted by Gasteiger charge is 2.34. The fourth-order valence-electron chi connectivity index (χ4n) is 3.64. The van der Waals surface area contributed by atoms with Gasteiger partial charge in [0.1, 0.15) is 11.5 Å². The van der Waals surface area contributed by atoms with Crippen LogP contribution < -0.4 is 19.5 Å². The molecule has 1 aliphatic rings. The molecule has 4 aromatic rings. The Morgan fingerprint density at radius 1 is 1.03 bits per heavy atom. The van der Waals surface area contributed by atoms with Gasteiger partial charge in [0.05, 0.1) is 24.7 Å². The molecule has 2 N–H and O–H groups in total. The number of rotatable bonds is 6. The van der Waals surface area contributed by atoms with E-state index in [0.29, 0.717) is 33.2 Å². The first-order valence-electron chi connectivity index (χ1n) is 10.5. The Kier molecular flexibility index (Phi) is 6.03. The number of aromatic nitrogens is 4. The monoisotopic (exact) mass is 530 g/mol. The van der Waals surface area contributed by atoms with Gasteiger partial charge in [-0.05, 0) is 23.8 Å². The third-order valence-corrected chi connectivity index (χ3v) is 6.52. The number of nitrogens with zero attached hydrogens (tertiary/aromatic N) is 4. The van der Waals surface area contributed by atoms with Crippen molar-refractivity contribution >= 4 is 28.5 Å². The molecular weight excluding hydrogens is 513 g/mol. The molecule has 0 spiro atoms. The minimum absolute atomic E-state index is 0.0161. The third-order valence-electron chi connectivity index (χ3n) is 5.39. The maximum Gasteiger partial charge on any atom is 0.435 e. The largest absolute Gasteiger partial charge is 0.497 e. The summed E-state index contributed by atoms with van der Waals surface area (Å²) in [6.07, 6.45) is -2.14. The molecule has 3 heterocycles. The molecule has 1 aliphatic heterocycles. The summed E-state index contributed by atoms with van der Waals surface area (Å²) in [6.45, 7) is 0. The predicted molar refractivity (Wildman–Crippen MR) is 126 cm³/mol. The fraction of sp³-hybridized carbons (Fsp3) is 0.130. The number of carbonyl (C=O) groups is 1. The molecule has 37 heavy (non-hydrogen) atoms. The van der Waals surface area contributed by atoms with Gasteiger partial charge in [-0.2, -0.15) is 23.3 Å². The average molecular weight is 530 g/mol. The number of amides is 1. The number of benzene rings is 2. The van der Waals surface area contributed by atoms with Crippen LogP contribution in [0, 0.1) is 0 Å². The van der Waals surface area contributed by atoms with Crippen molar-refractivity contribution in [3.63, 3.8) is 0 Å². The Morgan fingerprint density at radius 2 is 1.76 bits per heavy atom. The highest BCUT2D eigenvalue weighted by atomic mass is 32.2. The molecule has 5 rings (SSSR count). The lowest BCUT2D eigenvalue weighted by atomic mass is 10.0. The van der Waals surface area contributed by atoms with E-state index in [-0.39, 0.29) is 17.3 Å². The second-order valence-electron chi connectivity index (χ2n) is 7.71. The number of alkyl halides is 3. The standard InChI is InChI=1S/C23H17F3N6O4S/c1-35-14-8-13(9-15(10-14)36-2)28-22-27-11-17(12-3-4-18-16(7-12)21(33)31-37(18)34)20(29-22)32-6-5-19(30-32)23(24,25)26/h3-11H,1-2H3,(H,31,33)(H,27,28,29). The van der Waals surface area contributed by atoms with Crippen LogP contribution in [0.1, 0.15) is 16.1 Å². The van der Waals surface area contributed by atoms with Gasteiger partial charge >= 0.3 is 6.18 Å². The summed E-state index contributed by atoms with van der Waals surface area (Å²) in [4.78, 5) is 21.2. The van der Waals surface area contributed by atoms with Gasteiger partial charge < -0.3 is 14.8 Å². The van der Waals surface area contributed by atoms with Gasteiger partial charge in [0.2, 0.25) is 5.95 Å². The third kappa shape index (κ3) is 4.70. The van der Waals surface area contributed by atoms with Crippen LogP contribution in [0.5, 0.6) is 11.5 Å². The van der Waals surface area contributed by atoms with Crippen molar-refractivity contribution in [1.82, 2.24) is 24.5 Å². The minimum Gasteiger partial charge on any atom is -0.497 e. The summed E-state index contributed by atoms with van der Waals surface area (Å²) in [5, 5.41) is 6.63. The van der Waals surface area contributed by atoms with E-state index in [1.165, 1.54) is 32.5 Å². The van der Waals surface area contributed by atoms with E-state index in [1.807, 2.05) is 0 Å². The normalized spacial score (nSPS) is 14.7. The summed E-state index contributed by atoms with van der Waals surface area (Å²) in [7, 11) is 1.30. The summed E-state index contributed by atoms with van der Waals surface area (Å²) < 4.78 is 65.6. The van der Waals surface area contributed by atoms with Crippen LogP contribution in [-0.4, -0.2) is 44.1 Å². The van der Waals surface area contributed by atoms with E-state index in [1.54, 1.807) is 24.3 Å². The van der Waals surface area contributed by atoms with Crippen molar-refractivity contribution in [2.24, 2.45) is 0 Å². The van der Waals surface area contributed by atoms with Crippen molar-refractivity contribution in [1.29, 1.82) is 0 Å². The Bertz CT molecular complexity index is 1530. The number of nitrogens with one attached hydrogen (secondary N) is 2. The van der Waals surface area contributed by atoms with Crippen LogP contribution in [0.15, 0.2) is 59.8 Å².